The molecule has 88 valence electrons. The topological polar surface area (TPSA) is 0 Å². The minimum atomic E-state index is -0.273. The summed E-state index contributed by atoms with van der Waals surface area (Å²) in [4.78, 5) is 0. The van der Waals surface area contributed by atoms with E-state index in [1.165, 1.54) is 12.1 Å². The first kappa shape index (κ1) is 12.6. The summed E-state index contributed by atoms with van der Waals surface area (Å²) in [6.45, 7) is 2.02. The van der Waals surface area contributed by atoms with E-state index in [9.17, 15) is 4.39 Å². The molecule has 1 unspecified atom stereocenters. The van der Waals surface area contributed by atoms with Crippen molar-refractivity contribution in [1.82, 2.24) is 0 Å². The van der Waals surface area contributed by atoms with Crippen LogP contribution in [0.25, 0.3) is 0 Å². The number of benzene rings is 2. The van der Waals surface area contributed by atoms with Gasteiger partial charge in [-0.3, -0.25) is 0 Å². The van der Waals surface area contributed by atoms with Gasteiger partial charge >= 0.3 is 0 Å². The van der Waals surface area contributed by atoms with Crippen LogP contribution < -0.4 is 0 Å². The molecule has 1 atom stereocenters. The lowest BCUT2D eigenvalue weighted by Gasteiger charge is -2.13. The Bertz CT molecular complexity index is 522. The Balaban J connectivity index is 2.40. The van der Waals surface area contributed by atoms with Gasteiger partial charge in [-0.1, -0.05) is 46.3 Å². The first-order valence-electron chi connectivity index (χ1n) is 5.24. The highest BCUT2D eigenvalue weighted by Crippen LogP contribution is 2.35. The molecular formula is C14H11BrClF. The predicted octanol–water partition coefficient (Wildman–Crippen LogP) is 5.22. The lowest BCUT2D eigenvalue weighted by atomic mass is 10.0. The number of hydrogen-bond donors (Lipinski definition) is 0. The molecule has 0 radical (unpaired) electrons. The van der Waals surface area contributed by atoms with Crippen LogP contribution in [0.15, 0.2) is 46.9 Å². The van der Waals surface area contributed by atoms with Crippen LogP contribution in [0.1, 0.15) is 22.1 Å². The Kier molecular flexibility index (Phi) is 3.85. The van der Waals surface area contributed by atoms with Gasteiger partial charge in [0.15, 0.2) is 0 Å². The van der Waals surface area contributed by atoms with Crippen LogP contribution >= 0.6 is 27.5 Å². The number of aryl methyl sites for hydroxylation is 1. The van der Waals surface area contributed by atoms with Gasteiger partial charge in [-0.05, 0) is 35.7 Å². The molecule has 0 saturated carbocycles. The maximum atomic E-state index is 12.8. The van der Waals surface area contributed by atoms with Gasteiger partial charge in [0, 0.05) is 4.47 Å². The molecular weight excluding hydrogens is 303 g/mol. The van der Waals surface area contributed by atoms with Crippen LogP contribution in [0.2, 0.25) is 0 Å². The van der Waals surface area contributed by atoms with E-state index in [4.69, 9.17) is 11.6 Å². The number of hydrogen-bond acceptors (Lipinski definition) is 0. The molecule has 0 bridgehead atoms. The monoisotopic (exact) mass is 312 g/mol. The van der Waals surface area contributed by atoms with E-state index >= 15 is 0 Å². The molecule has 2 rings (SSSR count). The van der Waals surface area contributed by atoms with Gasteiger partial charge in [-0.2, -0.15) is 0 Å². The van der Waals surface area contributed by atoms with Crippen molar-refractivity contribution in [3.63, 3.8) is 0 Å². The minimum Gasteiger partial charge on any atom is -0.207 e. The average Bonchev–Trinajstić information content (AvgIpc) is 2.33. The summed E-state index contributed by atoms with van der Waals surface area (Å²) in [7, 11) is 0. The zero-order chi connectivity index (χ0) is 12.4. The molecule has 2 aromatic rings. The average molecular weight is 314 g/mol. The second-order valence-electron chi connectivity index (χ2n) is 3.89. The van der Waals surface area contributed by atoms with Crippen molar-refractivity contribution in [2.75, 3.05) is 0 Å². The summed E-state index contributed by atoms with van der Waals surface area (Å²) < 4.78 is 13.8. The minimum absolute atomic E-state index is 0.249. The second-order valence-corrected chi connectivity index (χ2v) is 5.12. The van der Waals surface area contributed by atoms with Crippen molar-refractivity contribution >= 4 is 27.5 Å². The molecule has 0 aliphatic carbocycles. The van der Waals surface area contributed by atoms with E-state index in [2.05, 4.69) is 15.9 Å². The molecule has 3 heteroatoms. The molecule has 0 fully saturated rings. The Morgan fingerprint density at radius 3 is 2.41 bits per heavy atom. The summed E-state index contributed by atoms with van der Waals surface area (Å²) in [6, 6.07) is 12.2. The fraction of sp³-hybridized carbons (Fsp3) is 0.143. The van der Waals surface area contributed by atoms with Crippen molar-refractivity contribution in [3.8, 4) is 0 Å². The predicted molar refractivity (Wildman–Crippen MR) is 73.0 cm³/mol. The summed E-state index contributed by atoms with van der Waals surface area (Å²) in [5.41, 5.74) is 3.02. The lowest BCUT2D eigenvalue weighted by Crippen LogP contribution is -1.96. The quantitative estimate of drug-likeness (QED) is 0.666. The summed E-state index contributed by atoms with van der Waals surface area (Å²) in [5, 5.41) is -0.273. The van der Waals surface area contributed by atoms with Crippen LogP contribution in [0.3, 0.4) is 0 Å². The summed E-state index contributed by atoms with van der Waals surface area (Å²) in [5.74, 6) is -0.249. The molecule has 0 aliphatic rings. The maximum Gasteiger partial charge on any atom is 0.123 e. The third-order valence-electron chi connectivity index (χ3n) is 2.66. The van der Waals surface area contributed by atoms with Crippen molar-refractivity contribution in [2.24, 2.45) is 0 Å². The smallest absolute Gasteiger partial charge is 0.123 e. The van der Waals surface area contributed by atoms with Gasteiger partial charge in [0.05, 0.1) is 5.38 Å². The molecule has 0 saturated heterocycles. The van der Waals surface area contributed by atoms with E-state index in [-0.39, 0.29) is 11.2 Å². The zero-order valence-corrected chi connectivity index (χ0v) is 11.6. The highest BCUT2D eigenvalue weighted by Gasteiger charge is 2.14. The van der Waals surface area contributed by atoms with Crippen LogP contribution in [0.5, 0.6) is 0 Å². The Morgan fingerprint density at radius 2 is 1.76 bits per heavy atom. The Hall–Kier alpha value is -0.860. The fourth-order valence-electron chi connectivity index (χ4n) is 1.68. The molecule has 2 aromatic carbocycles. The molecule has 0 amide bonds. The zero-order valence-electron chi connectivity index (χ0n) is 9.25. The van der Waals surface area contributed by atoms with Gasteiger partial charge in [0.1, 0.15) is 5.82 Å². The third kappa shape index (κ3) is 2.70. The number of alkyl halides is 1. The number of halogens is 3. The first-order chi connectivity index (χ1) is 8.09. The first-order valence-corrected chi connectivity index (χ1v) is 6.47. The summed E-state index contributed by atoms with van der Waals surface area (Å²) in [6.07, 6.45) is 0. The molecule has 17 heavy (non-hydrogen) atoms. The molecule has 0 nitrogen and oxygen atoms in total. The normalized spacial score (nSPS) is 12.5. The third-order valence-corrected chi connectivity index (χ3v) is 4.23. The van der Waals surface area contributed by atoms with Gasteiger partial charge < -0.3 is 0 Å². The van der Waals surface area contributed by atoms with E-state index in [0.29, 0.717) is 0 Å². The highest BCUT2D eigenvalue weighted by molar-refractivity contribution is 9.10. The van der Waals surface area contributed by atoms with Crippen LogP contribution in [-0.4, -0.2) is 0 Å². The van der Waals surface area contributed by atoms with Gasteiger partial charge in [-0.15, -0.1) is 11.6 Å². The Morgan fingerprint density at radius 1 is 1.12 bits per heavy atom. The second kappa shape index (κ2) is 5.19. The van der Waals surface area contributed by atoms with Gasteiger partial charge in [-0.25, -0.2) is 4.39 Å². The molecule has 0 aromatic heterocycles. The van der Waals surface area contributed by atoms with Crippen molar-refractivity contribution < 1.29 is 4.39 Å². The molecule has 0 aliphatic heterocycles. The van der Waals surface area contributed by atoms with Crippen molar-refractivity contribution in [1.29, 1.82) is 0 Å². The van der Waals surface area contributed by atoms with E-state index < -0.39 is 0 Å². The van der Waals surface area contributed by atoms with Crippen LogP contribution in [0, 0.1) is 12.7 Å². The van der Waals surface area contributed by atoms with Crippen molar-refractivity contribution in [2.45, 2.75) is 12.3 Å². The SMILES string of the molecule is Cc1cccc(C(Cl)c2ccc(F)cc2)c1Br. The summed E-state index contributed by atoms with van der Waals surface area (Å²) >= 11 is 9.94. The molecule has 0 N–H and O–H groups in total. The fourth-order valence-corrected chi connectivity index (χ4v) is 2.63. The van der Waals surface area contributed by atoms with Gasteiger partial charge in [0.2, 0.25) is 0 Å². The maximum absolute atomic E-state index is 12.8. The Labute approximate surface area is 114 Å². The van der Waals surface area contributed by atoms with Crippen LogP contribution in [-0.2, 0) is 0 Å². The lowest BCUT2D eigenvalue weighted by molar-refractivity contribution is 0.627. The van der Waals surface area contributed by atoms with E-state index in [1.807, 2.05) is 25.1 Å². The molecule has 0 spiro atoms. The van der Waals surface area contributed by atoms with Crippen LogP contribution in [0.4, 0.5) is 4.39 Å². The standard InChI is InChI=1S/C14H11BrClF/c1-9-3-2-4-12(13(9)15)14(16)10-5-7-11(17)8-6-10/h2-8,14H,1H3. The molecule has 0 heterocycles. The van der Waals surface area contributed by atoms with E-state index in [0.717, 1.165) is 21.2 Å². The van der Waals surface area contributed by atoms with E-state index in [1.54, 1.807) is 12.1 Å². The highest BCUT2D eigenvalue weighted by atomic mass is 79.9. The number of rotatable bonds is 2. The van der Waals surface area contributed by atoms with Crippen molar-refractivity contribution in [3.05, 3.63) is 69.4 Å². The van der Waals surface area contributed by atoms with Gasteiger partial charge in [0.25, 0.3) is 0 Å². The largest absolute Gasteiger partial charge is 0.207 e.